The molecule has 1 aliphatic carbocycles. The van der Waals surface area contributed by atoms with E-state index in [0.29, 0.717) is 18.8 Å². The van der Waals surface area contributed by atoms with Crippen LogP contribution < -0.4 is 4.74 Å². The second-order valence-electron chi connectivity index (χ2n) is 9.62. The van der Waals surface area contributed by atoms with Gasteiger partial charge in [-0.05, 0) is 49.3 Å². The molecular formula is C27H42O7. The van der Waals surface area contributed by atoms with Gasteiger partial charge in [0, 0.05) is 13.2 Å². The molecule has 0 aromatic heterocycles. The van der Waals surface area contributed by atoms with Gasteiger partial charge in [-0.3, -0.25) is 0 Å². The van der Waals surface area contributed by atoms with E-state index in [2.05, 4.69) is 6.58 Å². The quantitative estimate of drug-likeness (QED) is 0.240. The maximum atomic E-state index is 10.9. The highest BCUT2D eigenvalue weighted by Gasteiger charge is 2.48. The molecule has 1 heterocycles. The Morgan fingerprint density at radius 1 is 1.06 bits per heavy atom. The smallest absolute Gasteiger partial charge is 0.229 e. The van der Waals surface area contributed by atoms with Crippen molar-refractivity contribution in [1.29, 1.82) is 0 Å². The Balaban J connectivity index is 1.62. The topological polar surface area (TPSA) is 109 Å². The van der Waals surface area contributed by atoms with E-state index < -0.39 is 36.8 Å². The summed E-state index contributed by atoms with van der Waals surface area (Å²) >= 11 is 0. The van der Waals surface area contributed by atoms with Gasteiger partial charge in [-0.2, -0.15) is 0 Å². The van der Waals surface area contributed by atoms with Gasteiger partial charge in [0.1, 0.15) is 30.2 Å². The minimum atomic E-state index is -1.33. The molecule has 34 heavy (non-hydrogen) atoms. The molecule has 0 unspecified atom stereocenters. The fourth-order valence-electron chi connectivity index (χ4n) is 4.98. The summed E-state index contributed by atoms with van der Waals surface area (Å²) in [5.41, 5.74) is 1.09. The molecule has 1 saturated heterocycles. The molecular weight excluding hydrogens is 436 g/mol. The van der Waals surface area contributed by atoms with Gasteiger partial charge in [0.2, 0.25) is 6.29 Å². The van der Waals surface area contributed by atoms with E-state index >= 15 is 0 Å². The summed E-state index contributed by atoms with van der Waals surface area (Å²) in [7, 11) is 0. The number of hydrogen-bond donors (Lipinski definition) is 4. The van der Waals surface area contributed by atoms with Crippen molar-refractivity contribution >= 4 is 0 Å². The summed E-state index contributed by atoms with van der Waals surface area (Å²) in [5.74, 6) is 1.37. The number of aliphatic hydroxyl groups is 4. The number of unbranched alkanes of at least 4 members (excludes halogenated alkanes) is 1. The third-order valence-electron chi connectivity index (χ3n) is 6.97. The predicted octanol–water partition coefficient (Wildman–Crippen LogP) is 3.12. The van der Waals surface area contributed by atoms with Gasteiger partial charge in [0.05, 0.1) is 6.10 Å². The summed E-state index contributed by atoms with van der Waals surface area (Å²) in [6.45, 7) is 4.10. The molecule has 7 heteroatoms. The van der Waals surface area contributed by atoms with Crippen molar-refractivity contribution in [2.75, 3.05) is 13.2 Å². The fourth-order valence-corrected chi connectivity index (χ4v) is 4.98. The molecule has 0 bridgehead atoms. The number of ether oxygens (including phenoxy) is 3. The maximum absolute atomic E-state index is 10.9. The SMILES string of the molecule is C=CCc1ccc(O[C@H]2O[C@H]([C@@H](O)CCCO)[C@@H](O)[C@H](O)[C@H]2OCCCCC2CCCC2)cc1. The summed E-state index contributed by atoms with van der Waals surface area (Å²) < 4.78 is 18.0. The van der Waals surface area contributed by atoms with Crippen LogP contribution in [0.15, 0.2) is 36.9 Å². The lowest BCUT2D eigenvalue weighted by Crippen LogP contribution is -2.62. The van der Waals surface area contributed by atoms with Crippen molar-refractivity contribution in [3.05, 3.63) is 42.5 Å². The highest BCUT2D eigenvalue weighted by Crippen LogP contribution is 2.31. The lowest BCUT2D eigenvalue weighted by atomic mass is 9.93. The molecule has 1 saturated carbocycles. The van der Waals surface area contributed by atoms with Crippen LogP contribution in [0.4, 0.5) is 0 Å². The van der Waals surface area contributed by atoms with Crippen molar-refractivity contribution in [2.45, 2.75) is 101 Å². The molecule has 192 valence electrons. The first-order valence-corrected chi connectivity index (χ1v) is 12.8. The Morgan fingerprint density at radius 3 is 2.47 bits per heavy atom. The van der Waals surface area contributed by atoms with Crippen molar-refractivity contribution in [2.24, 2.45) is 5.92 Å². The lowest BCUT2D eigenvalue weighted by molar-refractivity contribution is -0.297. The number of rotatable bonds is 14. The van der Waals surface area contributed by atoms with E-state index in [-0.39, 0.29) is 13.0 Å². The van der Waals surface area contributed by atoms with Gasteiger partial charge in [-0.15, -0.1) is 6.58 Å². The highest BCUT2D eigenvalue weighted by molar-refractivity contribution is 5.28. The van der Waals surface area contributed by atoms with E-state index in [9.17, 15) is 15.3 Å². The second kappa shape index (κ2) is 14.2. The molecule has 4 N–H and O–H groups in total. The molecule has 0 radical (unpaired) electrons. The maximum Gasteiger partial charge on any atom is 0.229 e. The zero-order chi connectivity index (χ0) is 24.3. The number of allylic oxidation sites excluding steroid dienone is 1. The van der Waals surface area contributed by atoms with Crippen LogP contribution in [0.5, 0.6) is 5.75 Å². The van der Waals surface area contributed by atoms with Crippen molar-refractivity contribution in [3.63, 3.8) is 0 Å². The minimum Gasteiger partial charge on any atom is -0.462 e. The van der Waals surface area contributed by atoms with Crippen LogP contribution in [0.25, 0.3) is 0 Å². The second-order valence-corrected chi connectivity index (χ2v) is 9.62. The van der Waals surface area contributed by atoms with Gasteiger partial charge in [-0.1, -0.05) is 56.7 Å². The fraction of sp³-hybridized carbons (Fsp3) is 0.704. The zero-order valence-corrected chi connectivity index (χ0v) is 20.1. The average molecular weight is 479 g/mol. The van der Waals surface area contributed by atoms with Crippen LogP contribution in [-0.2, 0) is 15.9 Å². The third-order valence-corrected chi connectivity index (χ3v) is 6.97. The molecule has 3 rings (SSSR count). The van der Waals surface area contributed by atoms with Crippen molar-refractivity contribution in [1.82, 2.24) is 0 Å². The third kappa shape index (κ3) is 7.77. The Bertz CT molecular complexity index is 703. The molecule has 1 aromatic carbocycles. The standard InChI is InChI=1S/C27H42O7/c1-2-8-19-13-15-21(16-14-19)33-27-26(32-18-6-5-11-20-9-3-4-10-20)24(31)23(30)25(34-27)22(29)12-7-17-28/h2,13-16,20,22-31H,1,3-12,17-18H2/t22-,23-,24-,25+,26+,27-/m0/s1. The van der Waals surface area contributed by atoms with Gasteiger partial charge in [0.25, 0.3) is 0 Å². The Labute approximate surface area is 203 Å². The average Bonchev–Trinajstić information content (AvgIpc) is 3.36. The summed E-state index contributed by atoms with van der Waals surface area (Å²) in [6, 6.07) is 7.49. The lowest BCUT2D eigenvalue weighted by Gasteiger charge is -2.43. The van der Waals surface area contributed by atoms with Crippen LogP contribution in [0, 0.1) is 5.92 Å². The molecule has 2 fully saturated rings. The predicted molar refractivity (Wildman–Crippen MR) is 130 cm³/mol. The summed E-state index contributed by atoms with van der Waals surface area (Å²) in [5, 5.41) is 41.1. The van der Waals surface area contributed by atoms with Crippen LogP contribution >= 0.6 is 0 Å². The van der Waals surface area contributed by atoms with Crippen LogP contribution in [0.1, 0.15) is 63.4 Å². The van der Waals surface area contributed by atoms with E-state index in [0.717, 1.165) is 30.7 Å². The molecule has 2 aliphatic rings. The number of benzene rings is 1. The Morgan fingerprint density at radius 2 is 1.79 bits per heavy atom. The Kier molecular flexibility index (Phi) is 11.3. The minimum absolute atomic E-state index is 0.0774. The van der Waals surface area contributed by atoms with Crippen molar-refractivity contribution < 1.29 is 34.6 Å². The van der Waals surface area contributed by atoms with Crippen molar-refractivity contribution in [3.8, 4) is 5.75 Å². The Hall–Kier alpha value is -1.48. The molecule has 7 nitrogen and oxygen atoms in total. The first-order valence-electron chi connectivity index (χ1n) is 12.8. The van der Waals surface area contributed by atoms with Gasteiger partial charge in [0.15, 0.2) is 0 Å². The number of aliphatic hydroxyl groups excluding tert-OH is 4. The van der Waals surface area contributed by atoms with Crippen LogP contribution in [0.3, 0.4) is 0 Å². The first kappa shape index (κ1) is 27.1. The van der Waals surface area contributed by atoms with Crippen LogP contribution in [-0.4, -0.2) is 70.4 Å². The largest absolute Gasteiger partial charge is 0.462 e. The molecule has 1 aromatic rings. The van der Waals surface area contributed by atoms with E-state index in [4.69, 9.17) is 19.3 Å². The number of hydrogen-bond acceptors (Lipinski definition) is 7. The monoisotopic (exact) mass is 478 g/mol. The summed E-state index contributed by atoms with van der Waals surface area (Å²) in [4.78, 5) is 0. The van der Waals surface area contributed by atoms with E-state index in [1.54, 1.807) is 0 Å². The summed E-state index contributed by atoms with van der Waals surface area (Å²) in [6.07, 6.45) is 5.03. The molecule has 6 atom stereocenters. The zero-order valence-electron chi connectivity index (χ0n) is 20.1. The van der Waals surface area contributed by atoms with Gasteiger partial charge >= 0.3 is 0 Å². The van der Waals surface area contributed by atoms with Gasteiger partial charge < -0.3 is 34.6 Å². The van der Waals surface area contributed by atoms with E-state index in [1.165, 1.54) is 32.1 Å². The van der Waals surface area contributed by atoms with Crippen LogP contribution in [0.2, 0.25) is 0 Å². The normalized spacial score (nSPS) is 28.6. The molecule has 0 amide bonds. The molecule has 1 aliphatic heterocycles. The van der Waals surface area contributed by atoms with Gasteiger partial charge in [-0.25, -0.2) is 0 Å². The highest BCUT2D eigenvalue weighted by atomic mass is 16.7. The first-order chi connectivity index (χ1) is 16.5. The molecule has 0 spiro atoms. The van der Waals surface area contributed by atoms with E-state index in [1.807, 2.05) is 30.3 Å².